The summed E-state index contributed by atoms with van der Waals surface area (Å²) in [4.78, 5) is 12.7. The number of carboxylic acid groups (broad SMARTS) is 1. The largest absolute Gasteiger partial charge is 0.591 e. The summed E-state index contributed by atoms with van der Waals surface area (Å²) in [6.07, 6.45) is 1.29. The highest BCUT2D eigenvalue weighted by Gasteiger charge is 2.48. The summed E-state index contributed by atoms with van der Waals surface area (Å²) in [6.45, 7) is 6.65. The second-order valence-electron chi connectivity index (χ2n) is 7.83. The predicted molar refractivity (Wildman–Crippen MR) is 101 cm³/mol. The molecule has 1 spiro atoms. The molecular weight excluding hydrogens is 360 g/mol. The van der Waals surface area contributed by atoms with Gasteiger partial charge in [0.2, 0.25) is 0 Å². The third kappa shape index (κ3) is 3.52. The summed E-state index contributed by atoms with van der Waals surface area (Å²) >= 11 is 4.82. The van der Waals surface area contributed by atoms with Gasteiger partial charge in [0.1, 0.15) is 21.8 Å². The molecule has 25 heavy (non-hydrogen) atoms. The highest BCUT2D eigenvalue weighted by Crippen LogP contribution is 2.46. The van der Waals surface area contributed by atoms with Crippen LogP contribution < -0.4 is 0 Å². The molecule has 7 heteroatoms. The molecule has 1 amide bonds. The zero-order chi connectivity index (χ0) is 18.4. The Morgan fingerprint density at radius 2 is 2.00 bits per heavy atom. The van der Waals surface area contributed by atoms with Crippen molar-refractivity contribution in [3.8, 4) is 0 Å². The maximum Gasteiger partial charge on any atom is 0.407 e. The van der Waals surface area contributed by atoms with Crippen molar-refractivity contribution >= 4 is 34.8 Å². The van der Waals surface area contributed by atoms with Crippen LogP contribution >= 0.6 is 11.6 Å². The second-order valence-corrected chi connectivity index (χ2v) is 10.2. The minimum atomic E-state index is -1.37. The highest BCUT2D eigenvalue weighted by molar-refractivity contribution is 7.91. The molecule has 5 nitrogen and oxygen atoms in total. The van der Waals surface area contributed by atoms with Crippen molar-refractivity contribution in [2.45, 2.75) is 44.8 Å². The van der Waals surface area contributed by atoms with Crippen molar-refractivity contribution < 1.29 is 14.5 Å². The first-order chi connectivity index (χ1) is 11.6. The summed E-state index contributed by atoms with van der Waals surface area (Å²) in [6, 6.07) is 5.77. The lowest BCUT2D eigenvalue weighted by Crippen LogP contribution is -2.45. The lowest BCUT2D eigenvalue weighted by Gasteiger charge is -2.38. The van der Waals surface area contributed by atoms with Crippen LogP contribution in [0, 0.1) is 5.41 Å². The first-order valence-corrected chi connectivity index (χ1v) is 9.89. The van der Waals surface area contributed by atoms with Crippen LogP contribution in [0.2, 0.25) is 5.02 Å². The Bertz CT molecular complexity index is 722. The quantitative estimate of drug-likeness (QED) is 0.748. The Morgan fingerprint density at radius 1 is 1.36 bits per heavy atom. The molecule has 1 saturated heterocycles. The third-order valence-electron chi connectivity index (χ3n) is 5.05. The average molecular weight is 383 g/mol. The highest BCUT2D eigenvalue weighted by atomic mass is 35.5. The van der Waals surface area contributed by atoms with Gasteiger partial charge in [-0.05, 0) is 57.7 Å². The van der Waals surface area contributed by atoms with E-state index in [4.69, 9.17) is 11.6 Å². The SMILES string of the molecule is CC(C)(C)[S+]([O-])N=C1c2cc(Cl)ccc2CC12CCN(C(=O)O)CC2. The van der Waals surface area contributed by atoms with Crippen molar-refractivity contribution in [3.63, 3.8) is 0 Å². The summed E-state index contributed by atoms with van der Waals surface area (Å²) in [5.74, 6) is 0. The summed E-state index contributed by atoms with van der Waals surface area (Å²) < 4.78 is 16.9. The van der Waals surface area contributed by atoms with E-state index >= 15 is 0 Å². The van der Waals surface area contributed by atoms with Crippen molar-refractivity contribution in [2.75, 3.05) is 13.1 Å². The van der Waals surface area contributed by atoms with Crippen molar-refractivity contribution in [3.05, 3.63) is 34.3 Å². The number of hydrogen-bond donors (Lipinski definition) is 1. The fourth-order valence-electron chi connectivity index (χ4n) is 3.56. The number of rotatable bonds is 1. The van der Waals surface area contributed by atoms with Gasteiger partial charge < -0.3 is 14.6 Å². The maximum atomic E-state index is 12.7. The van der Waals surface area contributed by atoms with E-state index < -0.39 is 22.2 Å². The van der Waals surface area contributed by atoms with Crippen LogP contribution in [0.5, 0.6) is 0 Å². The molecule has 1 aliphatic carbocycles. The van der Waals surface area contributed by atoms with Gasteiger partial charge in [-0.1, -0.05) is 22.1 Å². The first-order valence-electron chi connectivity index (χ1n) is 8.40. The molecule has 0 aromatic heterocycles. The summed E-state index contributed by atoms with van der Waals surface area (Å²) in [7, 11) is 0. The molecule has 2 aliphatic rings. The normalized spacial score (nSPS) is 22.3. The van der Waals surface area contributed by atoms with Crippen LogP contribution in [0.3, 0.4) is 0 Å². The lowest BCUT2D eigenvalue weighted by molar-refractivity contribution is 0.115. The van der Waals surface area contributed by atoms with Crippen molar-refractivity contribution in [1.29, 1.82) is 0 Å². The van der Waals surface area contributed by atoms with Gasteiger partial charge in [-0.2, -0.15) is 0 Å². The molecule has 3 rings (SSSR count). The molecule has 1 heterocycles. The van der Waals surface area contributed by atoms with Crippen LogP contribution in [0.25, 0.3) is 0 Å². The van der Waals surface area contributed by atoms with Crippen molar-refractivity contribution in [2.24, 2.45) is 9.81 Å². The molecule has 1 unspecified atom stereocenters. The van der Waals surface area contributed by atoms with Gasteiger partial charge in [0.05, 0.1) is 0 Å². The van der Waals surface area contributed by atoms with Crippen LogP contribution in [0.4, 0.5) is 4.79 Å². The molecule has 1 N–H and O–H groups in total. The van der Waals surface area contributed by atoms with E-state index in [1.807, 2.05) is 39.0 Å². The van der Waals surface area contributed by atoms with E-state index in [-0.39, 0.29) is 5.41 Å². The van der Waals surface area contributed by atoms with Gasteiger partial charge in [-0.25, -0.2) is 4.79 Å². The number of fused-ring (bicyclic) bond motifs is 1. The maximum absolute atomic E-state index is 12.7. The second kappa shape index (κ2) is 6.49. The lowest BCUT2D eigenvalue weighted by atomic mass is 9.74. The average Bonchev–Trinajstić information content (AvgIpc) is 2.80. The van der Waals surface area contributed by atoms with Crippen molar-refractivity contribution in [1.82, 2.24) is 4.90 Å². The first kappa shape index (κ1) is 18.5. The molecule has 0 saturated carbocycles. The van der Waals surface area contributed by atoms with E-state index in [0.717, 1.165) is 23.3 Å². The number of halogens is 1. The third-order valence-corrected chi connectivity index (χ3v) is 6.68. The zero-order valence-corrected chi connectivity index (χ0v) is 16.3. The number of likely N-dealkylation sites (tertiary alicyclic amines) is 1. The number of piperidine rings is 1. The van der Waals surface area contributed by atoms with E-state index in [0.29, 0.717) is 31.0 Å². The monoisotopic (exact) mass is 382 g/mol. The standard InChI is InChI=1S/C18H23ClN2O3S/c1-17(2,3)25(24)20-15-14-10-13(19)5-4-12(14)11-18(15)6-8-21(9-7-18)16(22)23/h4-5,10H,6-9,11H2,1-3H3,(H,22,23). The molecule has 1 aliphatic heterocycles. The van der Waals surface area contributed by atoms with Crippen LogP contribution in [0.15, 0.2) is 22.6 Å². The topological polar surface area (TPSA) is 76.0 Å². The van der Waals surface area contributed by atoms with Gasteiger partial charge in [-0.3, -0.25) is 0 Å². The van der Waals surface area contributed by atoms with Gasteiger partial charge in [-0.15, -0.1) is 0 Å². The van der Waals surface area contributed by atoms with E-state index in [1.54, 1.807) is 0 Å². The molecule has 136 valence electrons. The Balaban J connectivity index is 2.01. The number of carbonyl (C=O) groups is 1. The van der Waals surface area contributed by atoms with Crippen LogP contribution in [-0.4, -0.2) is 44.2 Å². The Hall–Kier alpha value is -1.24. The summed E-state index contributed by atoms with van der Waals surface area (Å²) in [5, 5.41) is 9.86. The van der Waals surface area contributed by atoms with E-state index in [2.05, 4.69) is 4.40 Å². The molecule has 0 bridgehead atoms. The van der Waals surface area contributed by atoms with E-state index in [9.17, 15) is 14.5 Å². The Morgan fingerprint density at radius 3 is 2.56 bits per heavy atom. The van der Waals surface area contributed by atoms with Crippen LogP contribution in [0.1, 0.15) is 44.7 Å². The fraction of sp³-hybridized carbons (Fsp3) is 0.556. The number of nitrogens with zero attached hydrogens (tertiary/aromatic N) is 2. The molecule has 1 atom stereocenters. The molecular formula is C18H23ClN2O3S. The summed E-state index contributed by atoms with van der Waals surface area (Å²) in [5.41, 5.74) is 2.70. The van der Waals surface area contributed by atoms with E-state index in [1.165, 1.54) is 4.90 Å². The van der Waals surface area contributed by atoms with Gasteiger partial charge in [0.15, 0.2) is 0 Å². The molecule has 1 fully saturated rings. The zero-order valence-electron chi connectivity index (χ0n) is 14.7. The molecule has 1 aromatic carbocycles. The van der Waals surface area contributed by atoms with Crippen LogP contribution in [-0.2, 0) is 17.8 Å². The Kier molecular flexibility index (Phi) is 4.81. The molecule has 1 aromatic rings. The van der Waals surface area contributed by atoms with Gasteiger partial charge in [0, 0.05) is 29.1 Å². The number of benzene rings is 1. The number of hydrogen-bond acceptors (Lipinski definition) is 3. The minimum absolute atomic E-state index is 0.250. The Labute approximate surface area is 156 Å². The van der Waals surface area contributed by atoms with Gasteiger partial charge in [0.25, 0.3) is 0 Å². The predicted octanol–water partition coefficient (Wildman–Crippen LogP) is 3.91. The minimum Gasteiger partial charge on any atom is -0.591 e. The molecule has 0 radical (unpaired) electrons. The fourth-order valence-corrected chi connectivity index (χ4v) is 4.47. The number of amides is 1. The smallest absolute Gasteiger partial charge is 0.407 e. The van der Waals surface area contributed by atoms with Gasteiger partial charge >= 0.3 is 6.09 Å².